The highest BCUT2D eigenvalue weighted by Crippen LogP contribution is 2.39. The smallest absolute Gasteiger partial charge is 0.271 e. The van der Waals surface area contributed by atoms with Crippen molar-refractivity contribution in [2.45, 2.75) is 31.4 Å². The third-order valence-electron chi connectivity index (χ3n) is 5.80. The molecular formula is C22H25BrN2O3. The minimum absolute atomic E-state index is 0. The lowest BCUT2D eigenvalue weighted by Gasteiger charge is -2.26. The van der Waals surface area contributed by atoms with Gasteiger partial charge in [-0.05, 0) is 49.6 Å². The second kappa shape index (κ2) is 7.76. The van der Waals surface area contributed by atoms with Gasteiger partial charge in [0.2, 0.25) is 0 Å². The molecule has 0 spiro atoms. The van der Waals surface area contributed by atoms with Crippen LogP contribution in [0.3, 0.4) is 0 Å². The summed E-state index contributed by atoms with van der Waals surface area (Å²) in [6.45, 7) is 2.50. The SMILES string of the molecule is OC1(c2ccc3c(c2)OCCO3)CN(c2ccccc2)C2=[N+]1CCCCC2.[Br-]. The van der Waals surface area contributed by atoms with Crippen LogP contribution in [0, 0.1) is 0 Å². The molecule has 0 saturated heterocycles. The van der Waals surface area contributed by atoms with Crippen LogP contribution in [0.25, 0.3) is 0 Å². The molecule has 2 aromatic rings. The van der Waals surface area contributed by atoms with E-state index in [0.29, 0.717) is 19.8 Å². The monoisotopic (exact) mass is 444 g/mol. The number of amidine groups is 1. The van der Waals surface area contributed by atoms with Crippen LogP contribution in [-0.4, -0.2) is 41.8 Å². The average Bonchev–Trinajstić information content (AvgIpc) is 2.87. The molecule has 148 valence electrons. The fourth-order valence-electron chi connectivity index (χ4n) is 4.46. The molecule has 0 amide bonds. The maximum Gasteiger partial charge on any atom is 0.271 e. The molecule has 0 radical (unpaired) electrons. The predicted octanol–water partition coefficient (Wildman–Crippen LogP) is 0.112. The number of ether oxygens (including phenoxy) is 2. The summed E-state index contributed by atoms with van der Waals surface area (Å²) in [6, 6.07) is 16.2. The lowest BCUT2D eigenvalue weighted by atomic mass is 10.0. The molecule has 6 heteroatoms. The highest BCUT2D eigenvalue weighted by atomic mass is 79.9. The zero-order chi connectivity index (χ0) is 18.3. The van der Waals surface area contributed by atoms with Gasteiger partial charge < -0.3 is 31.6 Å². The molecule has 5 nitrogen and oxygen atoms in total. The lowest BCUT2D eigenvalue weighted by Crippen LogP contribution is -3.00. The van der Waals surface area contributed by atoms with Gasteiger partial charge in [-0.15, -0.1) is 0 Å². The molecule has 28 heavy (non-hydrogen) atoms. The third-order valence-corrected chi connectivity index (χ3v) is 5.80. The van der Waals surface area contributed by atoms with Crippen LogP contribution in [-0.2, 0) is 5.72 Å². The molecule has 3 heterocycles. The van der Waals surface area contributed by atoms with Crippen molar-refractivity contribution in [2.75, 3.05) is 31.2 Å². The van der Waals surface area contributed by atoms with E-state index in [2.05, 4.69) is 33.7 Å². The Balaban J connectivity index is 0.00000192. The lowest BCUT2D eigenvalue weighted by molar-refractivity contribution is -0.658. The molecule has 0 aromatic heterocycles. The molecule has 3 aliphatic rings. The summed E-state index contributed by atoms with van der Waals surface area (Å²) in [7, 11) is 0. The maximum atomic E-state index is 11.9. The Bertz CT molecular complexity index is 887. The van der Waals surface area contributed by atoms with Gasteiger partial charge in [0.15, 0.2) is 18.0 Å². The first-order valence-electron chi connectivity index (χ1n) is 9.84. The van der Waals surface area contributed by atoms with Gasteiger partial charge in [0.05, 0.1) is 6.54 Å². The number of anilines is 1. The van der Waals surface area contributed by atoms with Crippen LogP contribution in [0.4, 0.5) is 5.69 Å². The Morgan fingerprint density at radius 3 is 2.54 bits per heavy atom. The molecule has 0 bridgehead atoms. The topological polar surface area (TPSA) is 44.9 Å². The highest BCUT2D eigenvalue weighted by Gasteiger charge is 2.52. The van der Waals surface area contributed by atoms with E-state index >= 15 is 0 Å². The number of fused-ring (bicyclic) bond motifs is 1. The van der Waals surface area contributed by atoms with Gasteiger partial charge in [0.1, 0.15) is 18.9 Å². The van der Waals surface area contributed by atoms with Crippen molar-refractivity contribution in [1.29, 1.82) is 0 Å². The number of hydrogen-bond donors (Lipinski definition) is 1. The fourth-order valence-corrected chi connectivity index (χ4v) is 4.46. The van der Waals surface area contributed by atoms with E-state index in [1.54, 1.807) is 0 Å². The first kappa shape index (κ1) is 19.3. The van der Waals surface area contributed by atoms with Crippen molar-refractivity contribution in [1.82, 2.24) is 0 Å². The van der Waals surface area contributed by atoms with E-state index in [1.807, 2.05) is 24.3 Å². The average molecular weight is 445 g/mol. The number of benzene rings is 2. The van der Waals surface area contributed by atoms with E-state index < -0.39 is 5.72 Å². The summed E-state index contributed by atoms with van der Waals surface area (Å²) < 4.78 is 13.6. The number of aliphatic hydroxyl groups is 1. The minimum atomic E-state index is -1.06. The molecule has 1 N–H and O–H groups in total. The third kappa shape index (κ3) is 3.18. The van der Waals surface area contributed by atoms with E-state index in [0.717, 1.165) is 48.6 Å². The Labute approximate surface area is 176 Å². The summed E-state index contributed by atoms with van der Waals surface area (Å²) in [5.41, 5.74) is 0.934. The largest absolute Gasteiger partial charge is 1.00 e. The van der Waals surface area contributed by atoms with Gasteiger partial charge in [-0.25, -0.2) is 9.48 Å². The van der Waals surface area contributed by atoms with Gasteiger partial charge in [-0.3, -0.25) is 0 Å². The number of hydrogen-bond acceptors (Lipinski definition) is 4. The Hall–Kier alpha value is -2.05. The molecular weight excluding hydrogens is 420 g/mol. The second-order valence-electron chi connectivity index (χ2n) is 7.48. The summed E-state index contributed by atoms with van der Waals surface area (Å²) in [5.74, 6) is 2.70. The van der Waals surface area contributed by atoms with Crippen LogP contribution < -0.4 is 31.4 Å². The predicted molar refractivity (Wildman–Crippen MR) is 104 cm³/mol. The molecule has 0 fully saturated rings. The molecule has 1 unspecified atom stereocenters. The van der Waals surface area contributed by atoms with Crippen molar-refractivity contribution in [3.63, 3.8) is 0 Å². The Morgan fingerprint density at radius 2 is 1.71 bits per heavy atom. The molecule has 1 atom stereocenters. The number of para-hydroxylation sites is 1. The molecule has 0 saturated carbocycles. The molecule has 2 aromatic carbocycles. The number of rotatable bonds is 2. The Kier molecular flexibility index (Phi) is 5.34. The first-order valence-corrected chi connectivity index (χ1v) is 9.84. The van der Waals surface area contributed by atoms with Crippen molar-refractivity contribution in [3.8, 4) is 11.5 Å². The van der Waals surface area contributed by atoms with E-state index in [4.69, 9.17) is 9.47 Å². The summed E-state index contributed by atoms with van der Waals surface area (Å²) >= 11 is 0. The zero-order valence-electron chi connectivity index (χ0n) is 15.8. The van der Waals surface area contributed by atoms with Gasteiger partial charge in [-0.2, -0.15) is 0 Å². The van der Waals surface area contributed by atoms with Crippen molar-refractivity contribution in [3.05, 3.63) is 54.1 Å². The van der Waals surface area contributed by atoms with Gasteiger partial charge in [-0.1, -0.05) is 18.2 Å². The van der Waals surface area contributed by atoms with Crippen LogP contribution in [0.15, 0.2) is 48.5 Å². The normalized spacial score (nSPS) is 23.7. The number of β-amino-alcohol motifs (C(OH)–C–C–N with tert-alkyl or cyclic N) is 1. The quantitative estimate of drug-likeness (QED) is 0.667. The Morgan fingerprint density at radius 1 is 0.929 bits per heavy atom. The van der Waals surface area contributed by atoms with E-state index in [9.17, 15) is 5.11 Å². The summed E-state index contributed by atoms with van der Waals surface area (Å²) in [6.07, 6.45) is 4.44. The highest BCUT2D eigenvalue weighted by molar-refractivity contribution is 5.95. The summed E-state index contributed by atoms with van der Waals surface area (Å²) in [4.78, 5) is 2.28. The van der Waals surface area contributed by atoms with Crippen molar-refractivity contribution < 1.29 is 36.1 Å². The van der Waals surface area contributed by atoms with Crippen LogP contribution in [0.5, 0.6) is 11.5 Å². The van der Waals surface area contributed by atoms with Crippen LogP contribution >= 0.6 is 0 Å². The van der Waals surface area contributed by atoms with Crippen LogP contribution in [0.2, 0.25) is 0 Å². The van der Waals surface area contributed by atoms with E-state index in [1.165, 1.54) is 12.3 Å². The standard InChI is InChI=1S/C22H25N2O3.BrH/c25-22(17-10-11-19-20(15-17)27-14-13-26-19)16-23(18-7-3-1-4-8-18)21-9-5-2-6-12-24(21)22;/h1,3-4,7-8,10-11,15,25H,2,5-6,9,12-14,16H2;1H/q+1;/p-1. The summed E-state index contributed by atoms with van der Waals surface area (Å²) in [5, 5.41) is 11.9. The number of nitrogens with zero attached hydrogens (tertiary/aromatic N) is 2. The molecule has 3 aliphatic heterocycles. The van der Waals surface area contributed by atoms with Crippen molar-refractivity contribution >= 4 is 11.5 Å². The van der Waals surface area contributed by atoms with Crippen LogP contribution in [0.1, 0.15) is 31.2 Å². The van der Waals surface area contributed by atoms with E-state index in [-0.39, 0.29) is 17.0 Å². The van der Waals surface area contributed by atoms with Gasteiger partial charge in [0, 0.05) is 12.0 Å². The second-order valence-corrected chi connectivity index (χ2v) is 7.48. The fraction of sp³-hybridized carbons (Fsp3) is 0.409. The maximum absolute atomic E-state index is 11.9. The first-order chi connectivity index (χ1) is 13.3. The van der Waals surface area contributed by atoms with Gasteiger partial charge in [0.25, 0.3) is 11.6 Å². The van der Waals surface area contributed by atoms with Crippen molar-refractivity contribution in [2.24, 2.45) is 0 Å². The zero-order valence-corrected chi connectivity index (χ0v) is 17.4. The minimum Gasteiger partial charge on any atom is -1.00 e. The van der Waals surface area contributed by atoms with Gasteiger partial charge >= 0.3 is 0 Å². The molecule has 5 rings (SSSR count). The number of halogens is 1. The molecule has 0 aliphatic carbocycles.